The van der Waals surface area contributed by atoms with E-state index in [2.05, 4.69) is 10.4 Å². The van der Waals surface area contributed by atoms with Gasteiger partial charge in [0.1, 0.15) is 5.75 Å². The largest absolute Gasteiger partial charge is 0.497 e. The average Bonchev–Trinajstić information content (AvgIpc) is 3.03. The van der Waals surface area contributed by atoms with Crippen LogP contribution in [0.4, 0.5) is 5.69 Å². The fraction of sp³-hybridized carbons (Fsp3) is 0.389. The van der Waals surface area contributed by atoms with E-state index >= 15 is 0 Å². The molecule has 1 aromatic carbocycles. The van der Waals surface area contributed by atoms with Crippen molar-refractivity contribution in [1.29, 1.82) is 0 Å². The molecule has 7 heteroatoms. The van der Waals surface area contributed by atoms with Crippen molar-refractivity contribution in [3.8, 4) is 5.75 Å². The number of hydrogen-bond acceptors (Lipinski definition) is 4. The zero-order chi connectivity index (χ0) is 18.6. The van der Waals surface area contributed by atoms with Gasteiger partial charge >= 0.3 is 5.97 Å². The molecule has 2 rings (SSSR count). The van der Waals surface area contributed by atoms with Crippen molar-refractivity contribution < 1.29 is 19.4 Å². The first-order chi connectivity index (χ1) is 11.7. The van der Waals surface area contributed by atoms with Crippen LogP contribution in [0.15, 0.2) is 36.7 Å². The second-order valence-electron chi connectivity index (χ2n) is 6.46. The van der Waals surface area contributed by atoms with Crippen LogP contribution < -0.4 is 10.1 Å². The summed E-state index contributed by atoms with van der Waals surface area (Å²) in [7, 11) is 1.61. The van der Waals surface area contributed by atoms with Gasteiger partial charge in [-0.25, -0.2) is 4.79 Å². The molecule has 0 saturated heterocycles. The molecule has 1 amide bonds. The van der Waals surface area contributed by atoms with E-state index in [1.165, 1.54) is 17.1 Å². The number of rotatable bonds is 7. The zero-order valence-corrected chi connectivity index (χ0v) is 14.8. The van der Waals surface area contributed by atoms with E-state index in [1.807, 2.05) is 31.2 Å². The van der Waals surface area contributed by atoms with E-state index in [0.29, 0.717) is 12.1 Å². The van der Waals surface area contributed by atoms with E-state index in [1.54, 1.807) is 21.0 Å². The maximum atomic E-state index is 12.2. The van der Waals surface area contributed by atoms with Gasteiger partial charge in [-0.2, -0.15) is 5.10 Å². The lowest BCUT2D eigenvalue weighted by Gasteiger charge is -2.19. The molecule has 0 bridgehead atoms. The van der Waals surface area contributed by atoms with Crippen LogP contribution in [0.1, 0.15) is 38.7 Å². The highest BCUT2D eigenvalue weighted by atomic mass is 16.5. The number of amides is 1. The van der Waals surface area contributed by atoms with Crippen LogP contribution in [0.3, 0.4) is 0 Å². The summed E-state index contributed by atoms with van der Waals surface area (Å²) >= 11 is 0. The number of nitrogens with one attached hydrogen (secondary N) is 1. The molecule has 0 aliphatic rings. The van der Waals surface area contributed by atoms with E-state index in [9.17, 15) is 14.7 Å². The van der Waals surface area contributed by atoms with Crippen LogP contribution in [0.2, 0.25) is 0 Å². The summed E-state index contributed by atoms with van der Waals surface area (Å²) in [6, 6.07) is 7.60. The predicted molar refractivity (Wildman–Crippen MR) is 93.8 cm³/mol. The van der Waals surface area contributed by atoms with Gasteiger partial charge in [0, 0.05) is 12.6 Å². The molecular formula is C18H23N3O4. The third kappa shape index (κ3) is 4.37. The van der Waals surface area contributed by atoms with Crippen LogP contribution in [-0.2, 0) is 15.1 Å². The monoisotopic (exact) mass is 345 g/mol. The predicted octanol–water partition coefficient (Wildman–Crippen LogP) is 2.84. The summed E-state index contributed by atoms with van der Waals surface area (Å²) in [6.07, 6.45) is 3.27. The van der Waals surface area contributed by atoms with E-state index in [4.69, 9.17) is 4.74 Å². The second-order valence-corrected chi connectivity index (χ2v) is 6.46. The molecule has 2 aromatic rings. The Balaban J connectivity index is 1.98. The molecule has 0 saturated carbocycles. The van der Waals surface area contributed by atoms with Crippen molar-refractivity contribution in [2.45, 2.75) is 38.6 Å². The molecule has 0 spiro atoms. The number of ether oxygens (including phenoxy) is 1. The van der Waals surface area contributed by atoms with Crippen molar-refractivity contribution >= 4 is 17.6 Å². The van der Waals surface area contributed by atoms with E-state index in [0.717, 1.165) is 11.3 Å². The lowest BCUT2D eigenvalue weighted by atomic mass is 9.97. The topological polar surface area (TPSA) is 93.5 Å². The summed E-state index contributed by atoms with van der Waals surface area (Å²) < 4.78 is 6.44. The SMILES string of the molecule is COc1ccc(C(C)CC(=O)Nc2cnn(C(C)(C)C(=O)O)c2)cc1. The van der Waals surface area contributed by atoms with Crippen LogP contribution in [0.25, 0.3) is 0 Å². The molecule has 1 atom stereocenters. The van der Waals surface area contributed by atoms with Gasteiger partial charge in [0.15, 0.2) is 5.54 Å². The van der Waals surface area contributed by atoms with Crippen molar-refractivity contribution in [3.63, 3.8) is 0 Å². The number of anilines is 1. The van der Waals surface area contributed by atoms with Gasteiger partial charge in [-0.15, -0.1) is 0 Å². The van der Waals surface area contributed by atoms with Gasteiger partial charge in [0.2, 0.25) is 5.91 Å². The van der Waals surface area contributed by atoms with Crippen molar-refractivity contribution in [3.05, 3.63) is 42.2 Å². The number of nitrogens with zero attached hydrogens (tertiary/aromatic N) is 2. The molecule has 0 radical (unpaired) electrons. The smallest absolute Gasteiger partial charge is 0.331 e. The summed E-state index contributed by atoms with van der Waals surface area (Å²) in [5.74, 6) is -0.345. The van der Waals surface area contributed by atoms with E-state index in [-0.39, 0.29) is 11.8 Å². The Labute approximate surface area is 146 Å². The molecular weight excluding hydrogens is 322 g/mol. The molecule has 25 heavy (non-hydrogen) atoms. The normalized spacial score (nSPS) is 12.5. The number of carbonyl (C=O) groups is 2. The summed E-state index contributed by atoms with van der Waals surface area (Å²) in [4.78, 5) is 23.5. The minimum Gasteiger partial charge on any atom is -0.497 e. The molecule has 7 nitrogen and oxygen atoms in total. The Morgan fingerprint density at radius 1 is 1.32 bits per heavy atom. The number of aliphatic carboxylic acids is 1. The number of hydrogen-bond donors (Lipinski definition) is 2. The fourth-order valence-corrected chi connectivity index (χ4v) is 2.33. The molecule has 0 aliphatic heterocycles. The quantitative estimate of drug-likeness (QED) is 0.805. The average molecular weight is 345 g/mol. The highest BCUT2D eigenvalue weighted by Gasteiger charge is 2.30. The third-order valence-corrected chi connectivity index (χ3v) is 4.14. The minimum absolute atomic E-state index is 0.0383. The molecule has 1 heterocycles. The lowest BCUT2D eigenvalue weighted by Crippen LogP contribution is -2.35. The Hall–Kier alpha value is -2.83. The highest BCUT2D eigenvalue weighted by molar-refractivity contribution is 5.91. The Morgan fingerprint density at radius 3 is 2.52 bits per heavy atom. The third-order valence-electron chi connectivity index (χ3n) is 4.14. The van der Waals surface area contributed by atoms with Crippen molar-refractivity contribution in [2.24, 2.45) is 0 Å². The van der Waals surface area contributed by atoms with Crippen molar-refractivity contribution in [2.75, 3.05) is 12.4 Å². The number of aromatic nitrogens is 2. The zero-order valence-electron chi connectivity index (χ0n) is 14.8. The van der Waals surface area contributed by atoms with Crippen LogP contribution in [-0.4, -0.2) is 33.9 Å². The molecule has 0 aliphatic carbocycles. The summed E-state index contributed by atoms with van der Waals surface area (Å²) in [5.41, 5.74) is 0.333. The lowest BCUT2D eigenvalue weighted by molar-refractivity contribution is -0.146. The molecule has 0 fully saturated rings. The first kappa shape index (κ1) is 18.5. The number of carboxylic acids is 1. The van der Waals surface area contributed by atoms with Crippen LogP contribution >= 0.6 is 0 Å². The standard InChI is InChI=1S/C18H23N3O4/c1-12(13-5-7-15(25-4)8-6-13)9-16(22)20-14-10-19-21(11-14)18(2,3)17(23)24/h5-8,10-12H,9H2,1-4H3,(H,20,22)(H,23,24). The maximum absolute atomic E-state index is 12.2. The van der Waals surface area contributed by atoms with Gasteiger partial charge in [-0.3, -0.25) is 9.48 Å². The maximum Gasteiger partial charge on any atom is 0.331 e. The number of carboxylic acid groups (broad SMARTS) is 1. The van der Waals surface area contributed by atoms with Crippen molar-refractivity contribution in [1.82, 2.24) is 9.78 Å². The van der Waals surface area contributed by atoms with Gasteiger partial charge in [-0.1, -0.05) is 19.1 Å². The fourth-order valence-electron chi connectivity index (χ4n) is 2.33. The van der Waals surface area contributed by atoms with Gasteiger partial charge in [-0.05, 0) is 37.5 Å². The minimum atomic E-state index is -1.18. The second kappa shape index (κ2) is 7.38. The number of methoxy groups -OCH3 is 1. The first-order valence-corrected chi connectivity index (χ1v) is 7.96. The Bertz CT molecular complexity index is 750. The summed E-state index contributed by atoms with van der Waals surface area (Å²) in [5, 5.41) is 16.0. The Kier molecular flexibility index (Phi) is 5.46. The summed E-state index contributed by atoms with van der Waals surface area (Å²) in [6.45, 7) is 5.05. The molecule has 134 valence electrons. The molecule has 1 aromatic heterocycles. The molecule has 2 N–H and O–H groups in total. The first-order valence-electron chi connectivity index (χ1n) is 7.96. The van der Waals surface area contributed by atoms with Gasteiger partial charge < -0.3 is 15.2 Å². The number of benzene rings is 1. The van der Waals surface area contributed by atoms with Crippen LogP contribution in [0, 0.1) is 0 Å². The highest BCUT2D eigenvalue weighted by Crippen LogP contribution is 2.23. The molecule has 1 unspecified atom stereocenters. The van der Waals surface area contributed by atoms with E-state index < -0.39 is 11.5 Å². The van der Waals surface area contributed by atoms with Crippen LogP contribution in [0.5, 0.6) is 5.75 Å². The Morgan fingerprint density at radius 2 is 1.96 bits per heavy atom. The number of carbonyl (C=O) groups excluding carboxylic acids is 1. The van der Waals surface area contributed by atoms with Gasteiger partial charge in [0.05, 0.1) is 19.0 Å². The van der Waals surface area contributed by atoms with Gasteiger partial charge in [0.25, 0.3) is 0 Å².